The van der Waals surface area contributed by atoms with E-state index in [0.717, 1.165) is 0 Å². The van der Waals surface area contributed by atoms with Crippen LogP contribution < -0.4 is 16.2 Å². The monoisotopic (exact) mass is 992 g/mol. The minimum Gasteiger partial charge on any atom is -0.376 e. The number of H-pyrrole nitrogens is 1. The molecule has 4 aromatic heterocycles. The quantitative estimate of drug-likeness (QED) is 0.0800. The van der Waals surface area contributed by atoms with E-state index >= 15 is 4.57 Å². The Labute approximate surface area is 393 Å². The summed E-state index contributed by atoms with van der Waals surface area (Å²) >= 11 is 6.13. The van der Waals surface area contributed by atoms with Crippen molar-refractivity contribution in [1.29, 1.82) is 5.26 Å². The number of aromatic nitrogens is 8. The molecule has 11 atom stereocenters. The minimum atomic E-state index is -4.71. The van der Waals surface area contributed by atoms with Gasteiger partial charge in [-0.05, 0) is 36.3 Å². The molecule has 4 fully saturated rings. The third-order valence-electron chi connectivity index (χ3n) is 12.4. The van der Waals surface area contributed by atoms with Crippen LogP contribution in [-0.2, 0) is 57.8 Å². The van der Waals surface area contributed by atoms with Gasteiger partial charge in [0.25, 0.3) is 11.5 Å². The Morgan fingerprint density at radius 2 is 1.85 bits per heavy atom. The zero-order chi connectivity index (χ0) is 48.0. The molecule has 2 saturated carbocycles. The second kappa shape index (κ2) is 19.2. The lowest BCUT2D eigenvalue weighted by Gasteiger charge is -2.34. The molecule has 3 N–H and O–H groups in total. The van der Waals surface area contributed by atoms with Crippen molar-refractivity contribution in [2.75, 3.05) is 50.7 Å². The molecule has 4 aliphatic rings. The topological polar surface area (TPSA) is 284 Å². The largest absolute Gasteiger partial charge is 0.475 e. The van der Waals surface area contributed by atoms with E-state index in [9.17, 15) is 19.6 Å². The first-order valence-corrected chi connectivity index (χ1v) is 25.6. The zero-order valence-corrected chi connectivity index (χ0v) is 39.6. The van der Waals surface area contributed by atoms with Crippen LogP contribution in [0.1, 0.15) is 56.2 Å². The fourth-order valence-corrected chi connectivity index (χ4v) is 12.8. The summed E-state index contributed by atoms with van der Waals surface area (Å²) in [6, 6.07) is 10.3. The molecule has 2 saturated heterocycles. The average Bonchev–Trinajstić information content (AvgIpc) is 3.60. The van der Waals surface area contributed by atoms with Gasteiger partial charge in [0, 0.05) is 36.0 Å². The Kier molecular flexibility index (Phi) is 13.4. The van der Waals surface area contributed by atoms with Gasteiger partial charge in [-0.3, -0.25) is 42.8 Å². The molecule has 2 aliphatic heterocycles. The number of hydrogen-bond acceptors (Lipinski definition) is 19. The average molecular weight is 993 g/mol. The van der Waals surface area contributed by atoms with Crippen molar-refractivity contribution in [1.82, 2.24) is 39.0 Å². The number of ether oxygens (including phenoxy) is 2. The maximum absolute atomic E-state index is 15.2. The molecule has 0 radical (unpaired) electrons. The predicted octanol–water partition coefficient (Wildman–Crippen LogP) is 4.93. The number of nitrogens with zero attached hydrogens (tertiary/aromatic N) is 9. The van der Waals surface area contributed by atoms with Crippen molar-refractivity contribution in [3.05, 3.63) is 76.6 Å². The van der Waals surface area contributed by atoms with Crippen molar-refractivity contribution >= 4 is 72.3 Å². The van der Waals surface area contributed by atoms with Crippen molar-refractivity contribution in [3.63, 3.8) is 0 Å². The SMILES string of the molecule is [C-]#[N+]CCOP1(=S)OC[C@H]2O[C@@H](n3cnc4c(=O)[nH]c(NC(=O)C(C)C)nc43)[C@H](OP(=O)(OCCC#N)OC[C@]34C[C@@H]3[C@@H](n3cnc5c(NC(=O)c6ccccc6)ncnc53)[C@H](C)[C@@H]4O1)[C@@H]2OC. The molecular formula is C41H46N12O12P2S. The summed E-state index contributed by atoms with van der Waals surface area (Å²) < 4.78 is 69.1. The number of amides is 2. The standard InChI is InChI=1S/C41H46N12O12P2S/c1-22(2)36(54)50-40-49-35-28(38(56)51-40)47-21-53(35)39-31-30(58-5)26(63-39)17-61-67(68,60-15-13-43-4)65-32-23(3)29(25-16-41(25,32)18-62-66(57,64-31)59-14-9-12-42)52-20-46-27-33(44-19-45-34(27)52)48-37(55)24-10-7-6-8-11-24/h6-8,10-11,19-23,25-26,29-32,39H,9,13-18H2,1-3,5H3,(H,44,45,48,55)(H2,49,50,51,54,56)/t23-,25+,26+,29-,30+,31+,32-,39+,41+,66?,67?/m0/s1. The molecule has 5 aromatic rings. The summed E-state index contributed by atoms with van der Waals surface area (Å²) in [6.45, 7) is 7.82. The normalized spacial score (nSPS) is 31.2. The van der Waals surface area contributed by atoms with Crippen molar-refractivity contribution in [2.24, 2.45) is 23.2 Å². The number of rotatable bonds is 13. The number of aromatic amines is 1. The molecule has 1 spiro atoms. The van der Waals surface area contributed by atoms with Crippen molar-refractivity contribution in [2.45, 2.75) is 70.3 Å². The highest BCUT2D eigenvalue weighted by atomic mass is 32.5. The van der Waals surface area contributed by atoms with Crippen molar-refractivity contribution in [3.8, 4) is 6.07 Å². The molecule has 27 heteroatoms. The van der Waals surface area contributed by atoms with Crippen LogP contribution in [0, 0.1) is 41.1 Å². The van der Waals surface area contributed by atoms with Crippen molar-refractivity contribution < 1.29 is 50.8 Å². The van der Waals surface area contributed by atoms with Crippen LogP contribution in [0.25, 0.3) is 27.2 Å². The highest BCUT2D eigenvalue weighted by Crippen LogP contribution is 2.74. The Hall–Kier alpha value is -5.40. The summed E-state index contributed by atoms with van der Waals surface area (Å²) in [5.41, 5.74) is -0.523. The lowest BCUT2D eigenvalue weighted by molar-refractivity contribution is -0.118. The van der Waals surface area contributed by atoms with Gasteiger partial charge in [-0.25, -0.2) is 31.1 Å². The van der Waals surface area contributed by atoms with E-state index in [-0.39, 0.29) is 80.2 Å². The van der Waals surface area contributed by atoms with E-state index in [4.69, 9.17) is 55.0 Å². The van der Waals surface area contributed by atoms with Gasteiger partial charge >= 0.3 is 14.5 Å². The summed E-state index contributed by atoms with van der Waals surface area (Å²) in [7, 11) is -3.33. The molecule has 9 rings (SSSR count). The smallest absolute Gasteiger partial charge is 0.376 e. The predicted molar refractivity (Wildman–Crippen MR) is 242 cm³/mol. The molecule has 2 aliphatic carbocycles. The van der Waals surface area contributed by atoms with Gasteiger partial charge in [0.2, 0.25) is 18.4 Å². The maximum atomic E-state index is 15.2. The molecule has 6 heterocycles. The van der Waals surface area contributed by atoms with Crippen LogP contribution in [0.2, 0.25) is 0 Å². The highest BCUT2D eigenvalue weighted by molar-refractivity contribution is 8.07. The molecule has 1 aromatic carbocycles. The number of anilines is 2. The molecule has 358 valence electrons. The Bertz CT molecular complexity index is 2980. The van der Waals surface area contributed by atoms with Crippen LogP contribution >= 0.6 is 14.5 Å². The van der Waals surface area contributed by atoms with E-state index in [1.54, 1.807) is 44.4 Å². The van der Waals surface area contributed by atoms with E-state index in [1.807, 2.05) is 23.6 Å². The molecule has 68 heavy (non-hydrogen) atoms. The Balaban J connectivity index is 1.09. The number of hydrogen-bond donors (Lipinski definition) is 3. The van der Waals surface area contributed by atoms with Gasteiger partial charge in [0.05, 0.1) is 51.1 Å². The molecule has 24 nitrogen and oxygen atoms in total. The van der Waals surface area contributed by atoms with Gasteiger partial charge in [-0.2, -0.15) is 10.2 Å². The molecule has 2 amide bonds. The zero-order valence-electron chi connectivity index (χ0n) is 37.0. The van der Waals surface area contributed by atoms with E-state index in [2.05, 4.69) is 45.4 Å². The van der Waals surface area contributed by atoms with Gasteiger partial charge in [-0.15, -0.1) is 0 Å². The lowest BCUT2D eigenvalue weighted by Crippen LogP contribution is -2.37. The van der Waals surface area contributed by atoms with Crippen LogP contribution in [0.3, 0.4) is 0 Å². The van der Waals surface area contributed by atoms with E-state index < -0.39 is 73.9 Å². The number of benzene rings is 1. The second-order valence-electron chi connectivity index (χ2n) is 16.9. The first-order valence-electron chi connectivity index (χ1n) is 21.6. The summed E-state index contributed by atoms with van der Waals surface area (Å²) in [4.78, 5) is 67.3. The fourth-order valence-electron chi connectivity index (χ4n) is 9.18. The Morgan fingerprint density at radius 1 is 1.07 bits per heavy atom. The maximum Gasteiger partial charge on any atom is 0.475 e. The molecular weight excluding hydrogens is 947 g/mol. The van der Waals surface area contributed by atoms with Gasteiger partial charge in [0.15, 0.2) is 34.4 Å². The van der Waals surface area contributed by atoms with Gasteiger partial charge < -0.3 is 37.8 Å². The van der Waals surface area contributed by atoms with Crippen LogP contribution in [0.5, 0.6) is 0 Å². The molecule has 2 bridgehead atoms. The number of carbonyl (C=O) groups is 2. The van der Waals surface area contributed by atoms with Gasteiger partial charge in [-0.1, -0.05) is 39.0 Å². The summed E-state index contributed by atoms with van der Waals surface area (Å²) in [6.07, 6.45) is -1.10. The third-order valence-corrected chi connectivity index (χ3v) is 16.2. The number of phosphoric acid groups is 1. The number of nitrogens with one attached hydrogen (secondary N) is 3. The number of methoxy groups -OCH3 is 1. The first-order chi connectivity index (χ1) is 32.7. The number of phosphoric ester groups is 1. The second-order valence-corrected chi connectivity index (χ2v) is 21.5. The molecule has 2 unspecified atom stereocenters. The number of carbonyl (C=O) groups excluding carboxylic acids is 2. The Morgan fingerprint density at radius 3 is 2.60 bits per heavy atom. The fraction of sp³-hybridized carbons (Fsp3) is 0.512. The van der Waals surface area contributed by atoms with E-state index in [1.165, 1.54) is 24.3 Å². The first kappa shape index (κ1) is 47.7. The van der Waals surface area contributed by atoms with Crippen LogP contribution in [-0.4, -0.2) is 115 Å². The third kappa shape index (κ3) is 9.01. The van der Waals surface area contributed by atoms with Crippen LogP contribution in [0.4, 0.5) is 11.8 Å². The van der Waals surface area contributed by atoms with E-state index in [0.29, 0.717) is 23.1 Å². The number of fused-ring (bicyclic) bond motifs is 4. The number of imidazole rings is 2. The van der Waals surface area contributed by atoms with Gasteiger partial charge in [0.1, 0.15) is 31.2 Å². The highest BCUT2D eigenvalue weighted by Gasteiger charge is 2.73. The lowest BCUT2D eigenvalue weighted by atomic mass is 9.94. The summed E-state index contributed by atoms with van der Waals surface area (Å²) in [5.74, 6) is -1.81. The minimum absolute atomic E-state index is 0.0300. The summed E-state index contributed by atoms with van der Waals surface area (Å²) in [5, 5.41) is 14.9. The number of nitriles is 1. The van der Waals surface area contributed by atoms with Crippen LogP contribution in [0.15, 0.2) is 54.1 Å².